The number of para-hydroxylation sites is 1. The van der Waals surface area contributed by atoms with Crippen LogP contribution < -0.4 is 10.2 Å². The van der Waals surface area contributed by atoms with Crippen molar-refractivity contribution in [3.8, 4) is 0 Å². The molecule has 24 heavy (non-hydrogen) atoms. The number of rotatable bonds is 3. The maximum absolute atomic E-state index is 12.5. The van der Waals surface area contributed by atoms with Gasteiger partial charge in [-0.2, -0.15) is 0 Å². The Kier molecular flexibility index (Phi) is 4.65. The van der Waals surface area contributed by atoms with Crippen LogP contribution in [0.4, 0.5) is 5.69 Å². The number of carbonyl (C=O) groups excluding carboxylic acids is 2. The smallest absolute Gasteiger partial charge is 0.251 e. The van der Waals surface area contributed by atoms with Crippen LogP contribution in [0.2, 0.25) is 0 Å². The van der Waals surface area contributed by atoms with Gasteiger partial charge in [-0.15, -0.1) is 0 Å². The Morgan fingerprint density at radius 2 is 1.88 bits per heavy atom. The Morgan fingerprint density at radius 3 is 2.67 bits per heavy atom. The molecule has 0 saturated carbocycles. The lowest BCUT2D eigenvalue weighted by Gasteiger charge is -2.29. The van der Waals surface area contributed by atoms with Gasteiger partial charge in [-0.05, 0) is 61.6 Å². The number of hydrogen-bond donors (Lipinski definition) is 1. The zero-order valence-electron chi connectivity index (χ0n) is 14.1. The Morgan fingerprint density at radius 1 is 1.08 bits per heavy atom. The largest absolute Gasteiger partial charge is 0.343 e. The normalized spacial score (nSPS) is 13.3. The highest BCUT2D eigenvalue weighted by Crippen LogP contribution is 2.26. The van der Waals surface area contributed by atoms with Gasteiger partial charge in [-0.1, -0.05) is 24.3 Å². The van der Waals surface area contributed by atoms with Gasteiger partial charge < -0.3 is 10.2 Å². The second kappa shape index (κ2) is 6.87. The third kappa shape index (κ3) is 3.32. The second-order valence-electron chi connectivity index (χ2n) is 6.26. The van der Waals surface area contributed by atoms with Gasteiger partial charge in [0.1, 0.15) is 0 Å². The summed E-state index contributed by atoms with van der Waals surface area (Å²) < 4.78 is 0. The van der Waals surface area contributed by atoms with Crippen molar-refractivity contribution in [2.45, 2.75) is 26.7 Å². The molecule has 0 bridgehead atoms. The SMILES string of the molecule is Cc1ccc(C(=O)NCC(=O)N2CCCc3ccccc32)cc1C. The Hall–Kier alpha value is -2.62. The van der Waals surface area contributed by atoms with Crippen LogP contribution in [0, 0.1) is 13.8 Å². The van der Waals surface area contributed by atoms with Crippen LogP contribution in [-0.2, 0) is 11.2 Å². The molecule has 2 amide bonds. The van der Waals surface area contributed by atoms with Crippen LogP contribution in [0.25, 0.3) is 0 Å². The minimum Gasteiger partial charge on any atom is -0.343 e. The number of aryl methyl sites for hydroxylation is 3. The summed E-state index contributed by atoms with van der Waals surface area (Å²) >= 11 is 0. The minimum absolute atomic E-state index is 0.0140. The minimum atomic E-state index is -0.211. The van der Waals surface area contributed by atoms with Crippen molar-refractivity contribution in [2.24, 2.45) is 0 Å². The molecule has 2 aromatic carbocycles. The zero-order valence-corrected chi connectivity index (χ0v) is 14.1. The van der Waals surface area contributed by atoms with Crippen LogP contribution in [0.1, 0.15) is 33.5 Å². The summed E-state index contributed by atoms with van der Waals surface area (Å²) in [5.41, 5.74) is 4.96. The lowest BCUT2D eigenvalue weighted by molar-refractivity contribution is -0.117. The van der Waals surface area contributed by atoms with E-state index in [4.69, 9.17) is 0 Å². The standard InChI is InChI=1S/C20H22N2O2/c1-14-9-10-17(12-15(14)2)20(24)21-13-19(23)22-11-5-7-16-6-3-4-8-18(16)22/h3-4,6,8-10,12H,5,7,11,13H2,1-2H3,(H,21,24). The fraction of sp³-hybridized carbons (Fsp3) is 0.300. The summed E-state index contributed by atoms with van der Waals surface area (Å²) in [7, 11) is 0. The number of nitrogens with zero attached hydrogens (tertiary/aromatic N) is 1. The fourth-order valence-electron chi connectivity index (χ4n) is 3.03. The number of anilines is 1. The summed E-state index contributed by atoms with van der Waals surface area (Å²) in [4.78, 5) is 26.6. The van der Waals surface area contributed by atoms with Gasteiger partial charge in [0.2, 0.25) is 5.91 Å². The quantitative estimate of drug-likeness (QED) is 0.944. The molecule has 3 rings (SSSR count). The van der Waals surface area contributed by atoms with Crippen molar-refractivity contribution in [1.82, 2.24) is 5.32 Å². The van der Waals surface area contributed by atoms with Gasteiger partial charge in [0, 0.05) is 17.8 Å². The summed E-state index contributed by atoms with van der Waals surface area (Å²) in [5.74, 6) is -0.281. The molecule has 0 aromatic heterocycles. The Bertz CT molecular complexity index is 783. The van der Waals surface area contributed by atoms with Gasteiger partial charge in [-0.3, -0.25) is 9.59 Å². The van der Waals surface area contributed by atoms with Gasteiger partial charge >= 0.3 is 0 Å². The van der Waals surface area contributed by atoms with E-state index in [9.17, 15) is 9.59 Å². The van der Waals surface area contributed by atoms with Crippen LogP contribution in [-0.4, -0.2) is 24.9 Å². The van der Waals surface area contributed by atoms with Crippen molar-refractivity contribution >= 4 is 17.5 Å². The van der Waals surface area contributed by atoms with E-state index in [0.29, 0.717) is 12.1 Å². The maximum atomic E-state index is 12.5. The van der Waals surface area contributed by atoms with Crippen molar-refractivity contribution in [2.75, 3.05) is 18.0 Å². The molecule has 0 saturated heterocycles. The second-order valence-corrected chi connectivity index (χ2v) is 6.26. The average Bonchev–Trinajstić information content (AvgIpc) is 2.61. The maximum Gasteiger partial charge on any atom is 0.251 e. The summed E-state index contributed by atoms with van der Waals surface area (Å²) in [6, 6.07) is 13.5. The average molecular weight is 322 g/mol. The van der Waals surface area contributed by atoms with E-state index in [1.807, 2.05) is 44.2 Å². The summed E-state index contributed by atoms with van der Waals surface area (Å²) in [6.07, 6.45) is 1.95. The molecule has 0 fully saturated rings. The molecule has 0 radical (unpaired) electrons. The molecule has 124 valence electrons. The van der Waals surface area contributed by atoms with Crippen LogP contribution in [0.3, 0.4) is 0 Å². The molecule has 1 heterocycles. The van der Waals surface area contributed by atoms with Crippen LogP contribution in [0.15, 0.2) is 42.5 Å². The number of fused-ring (bicyclic) bond motifs is 1. The van der Waals surface area contributed by atoms with Gasteiger partial charge in [0.15, 0.2) is 0 Å². The molecule has 4 heteroatoms. The molecule has 1 N–H and O–H groups in total. The Labute approximate surface area is 142 Å². The number of benzene rings is 2. The van der Waals surface area contributed by atoms with E-state index in [2.05, 4.69) is 11.4 Å². The first kappa shape index (κ1) is 16.2. The molecule has 1 aliphatic heterocycles. The number of nitrogens with one attached hydrogen (secondary N) is 1. The number of carbonyl (C=O) groups is 2. The summed E-state index contributed by atoms with van der Waals surface area (Å²) in [6.45, 7) is 4.70. The third-order valence-electron chi connectivity index (χ3n) is 4.58. The molecule has 2 aromatic rings. The van der Waals surface area contributed by atoms with E-state index in [1.165, 1.54) is 5.56 Å². The Balaban J connectivity index is 1.66. The molecule has 0 spiro atoms. The zero-order chi connectivity index (χ0) is 17.1. The fourth-order valence-corrected chi connectivity index (χ4v) is 3.03. The first-order chi connectivity index (χ1) is 11.6. The first-order valence-corrected chi connectivity index (χ1v) is 8.30. The highest BCUT2D eigenvalue weighted by Gasteiger charge is 2.22. The van der Waals surface area contributed by atoms with E-state index in [0.717, 1.165) is 29.7 Å². The van der Waals surface area contributed by atoms with Crippen LogP contribution >= 0.6 is 0 Å². The molecule has 1 aliphatic rings. The van der Waals surface area contributed by atoms with E-state index in [-0.39, 0.29) is 18.4 Å². The van der Waals surface area contributed by atoms with Crippen molar-refractivity contribution in [3.63, 3.8) is 0 Å². The van der Waals surface area contributed by atoms with Crippen molar-refractivity contribution in [3.05, 3.63) is 64.7 Å². The van der Waals surface area contributed by atoms with E-state index >= 15 is 0 Å². The molecule has 0 atom stereocenters. The summed E-state index contributed by atoms with van der Waals surface area (Å²) in [5, 5.41) is 2.74. The van der Waals surface area contributed by atoms with Crippen molar-refractivity contribution < 1.29 is 9.59 Å². The van der Waals surface area contributed by atoms with E-state index in [1.54, 1.807) is 11.0 Å². The van der Waals surface area contributed by atoms with Gasteiger partial charge in [0.25, 0.3) is 5.91 Å². The van der Waals surface area contributed by atoms with Gasteiger partial charge in [0.05, 0.1) is 6.54 Å². The van der Waals surface area contributed by atoms with Gasteiger partial charge in [-0.25, -0.2) is 0 Å². The predicted octanol–water partition coefficient (Wildman–Crippen LogP) is 3.01. The number of hydrogen-bond acceptors (Lipinski definition) is 2. The highest BCUT2D eigenvalue weighted by molar-refractivity contribution is 6.01. The molecule has 0 unspecified atom stereocenters. The predicted molar refractivity (Wildman–Crippen MR) is 95.4 cm³/mol. The number of amides is 2. The van der Waals surface area contributed by atoms with Crippen LogP contribution in [0.5, 0.6) is 0 Å². The monoisotopic (exact) mass is 322 g/mol. The van der Waals surface area contributed by atoms with E-state index < -0.39 is 0 Å². The molecular formula is C20H22N2O2. The third-order valence-corrected chi connectivity index (χ3v) is 4.58. The highest BCUT2D eigenvalue weighted by atomic mass is 16.2. The van der Waals surface area contributed by atoms with Crippen molar-refractivity contribution in [1.29, 1.82) is 0 Å². The first-order valence-electron chi connectivity index (χ1n) is 8.30. The topological polar surface area (TPSA) is 49.4 Å². The molecule has 0 aliphatic carbocycles. The molecule has 4 nitrogen and oxygen atoms in total. The molecular weight excluding hydrogens is 300 g/mol. The lowest BCUT2D eigenvalue weighted by Crippen LogP contribution is -2.42. The lowest BCUT2D eigenvalue weighted by atomic mass is 10.0.